The zero-order valence-corrected chi connectivity index (χ0v) is 22.0. The number of aromatic amines is 1. The van der Waals surface area contributed by atoms with Crippen LogP contribution in [0.2, 0.25) is 0 Å². The van der Waals surface area contributed by atoms with Crippen LogP contribution >= 0.6 is 0 Å². The van der Waals surface area contributed by atoms with Gasteiger partial charge >= 0.3 is 0 Å². The van der Waals surface area contributed by atoms with Crippen molar-refractivity contribution >= 4 is 10.9 Å². The van der Waals surface area contributed by atoms with Gasteiger partial charge in [0.15, 0.2) is 0 Å². The van der Waals surface area contributed by atoms with Crippen molar-refractivity contribution in [2.45, 2.75) is 38.3 Å². The molecule has 3 nitrogen and oxygen atoms in total. The van der Waals surface area contributed by atoms with Gasteiger partial charge in [0.1, 0.15) is 5.60 Å². The molecule has 0 aliphatic rings. The number of hydrogen-bond acceptors (Lipinski definition) is 2. The number of H-pyrrole nitrogens is 1. The number of nitrogens with zero attached hydrogens (tertiary/aromatic N) is 1. The Bertz CT molecular complexity index is 1390. The second kappa shape index (κ2) is 10.8. The summed E-state index contributed by atoms with van der Waals surface area (Å²) in [5.41, 5.74) is 6.63. The van der Waals surface area contributed by atoms with Gasteiger partial charge in [-0.15, -0.1) is 0 Å². The van der Waals surface area contributed by atoms with Crippen LogP contribution in [0.3, 0.4) is 0 Å². The lowest BCUT2D eigenvalue weighted by molar-refractivity contribution is -0.0114. The summed E-state index contributed by atoms with van der Waals surface area (Å²) >= 11 is 0. The molecule has 0 saturated heterocycles. The van der Waals surface area contributed by atoms with E-state index in [0.29, 0.717) is 6.42 Å². The van der Waals surface area contributed by atoms with Gasteiger partial charge in [-0.3, -0.25) is 4.90 Å². The van der Waals surface area contributed by atoms with E-state index >= 15 is 0 Å². The molecule has 0 unspecified atom stereocenters. The number of rotatable bonds is 9. The summed E-state index contributed by atoms with van der Waals surface area (Å²) in [6, 6.07) is 35.5. The predicted molar refractivity (Wildman–Crippen MR) is 154 cm³/mol. The number of hydrogen-bond donors (Lipinski definition) is 2. The molecule has 0 aliphatic heterocycles. The van der Waals surface area contributed by atoms with Crippen molar-refractivity contribution in [1.29, 1.82) is 0 Å². The molecular weight excluding hydrogens is 452 g/mol. The largest absolute Gasteiger partial charge is 0.379 e. The number of likely N-dealkylation sites (N-methyl/N-ethyl adjacent to an activating group) is 1. The van der Waals surface area contributed by atoms with Crippen molar-refractivity contribution in [3.05, 3.63) is 143 Å². The Labute approximate surface area is 220 Å². The van der Waals surface area contributed by atoms with E-state index in [0.717, 1.165) is 29.6 Å². The fraction of sp³-hybridized carbons (Fsp3) is 0.235. The maximum atomic E-state index is 12.9. The van der Waals surface area contributed by atoms with E-state index in [1.54, 1.807) is 0 Å². The van der Waals surface area contributed by atoms with Gasteiger partial charge in [-0.25, -0.2) is 0 Å². The Morgan fingerprint density at radius 2 is 1.32 bits per heavy atom. The number of benzene rings is 4. The van der Waals surface area contributed by atoms with E-state index in [1.165, 1.54) is 27.6 Å². The smallest absolute Gasteiger partial charge is 0.130 e. The summed E-state index contributed by atoms with van der Waals surface area (Å²) in [6.07, 6.45) is 3.72. The van der Waals surface area contributed by atoms with Crippen LogP contribution in [0, 0.1) is 13.8 Å². The van der Waals surface area contributed by atoms with Gasteiger partial charge in [-0.05, 0) is 62.1 Å². The first-order valence-electron chi connectivity index (χ1n) is 13.1. The highest BCUT2D eigenvalue weighted by Crippen LogP contribution is 2.38. The van der Waals surface area contributed by atoms with Crippen molar-refractivity contribution in [2.24, 2.45) is 0 Å². The maximum Gasteiger partial charge on any atom is 0.130 e. The number of nitrogens with one attached hydrogen (secondary N) is 1. The molecule has 2 N–H and O–H groups in total. The van der Waals surface area contributed by atoms with Gasteiger partial charge in [0.05, 0.1) is 6.04 Å². The number of aromatic nitrogens is 1. The van der Waals surface area contributed by atoms with Gasteiger partial charge in [-0.1, -0.05) is 108 Å². The molecule has 5 aromatic rings. The lowest BCUT2D eigenvalue weighted by Crippen LogP contribution is -2.52. The van der Waals surface area contributed by atoms with Crippen LogP contribution in [0.15, 0.2) is 109 Å². The molecule has 0 spiro atoms. The Morgan fingerprint density at radius 3 is 1.95 bits per heavy atom. The van der Waals surface area contributed by atoms with Crippen molar-refractivity contribution in [3.8, 4) is 0 Å². The van der Waals surface area contributed by atoms with Crippen LogP contribution in [0.1, 0.15) is 33.4 Å². The fourth-order valence-corrected chi connectivity index (χ4v) is 5.40. The normalized spacial score (nSPS) is 12.8. The summed E-state index contributed by atoms with van der Waals surface area (Å²) in [5, 5.41) is 14.1. The summed E-state index contributed by atoms with van der Waals surface area (Å²) in [5.74, 6) is 0. The molecule has 3 heteroatoms. The third-order valence-electron chi connectivity index (χ3n) is 7.68. The van der Waals surface area contributed by atoms with Crippen LogP contribution in [0.25, 0.3) is 10.9 Å². The van der Waals surface area contributed by atoms with Gasteiger partial charge in [-0.2, -0.15) is 0 Å². The lowest BCUT2D eigenvalue weighted by Gasteiger charge is -2.42. The third kappa shape index (κ3) is 5.24. The first-order chi connectivity index (χ1) is 17.9. The topological polar surface area (TPSA) is 39.3 Å². The Kier molecular flexibility index (Phi) is 7.27. The molecule has 0 saturated carbocycles. The van der Waals surface area contributed by atoms with E-state index in [4.69, 9.17) is 0 Å². The predicted octanol–water partition coefficient (Wildman–Crippen LogP) is 6.81. The highest BCUT2D eigenvalue weighted by molar-refractivity contribution is 5.83. The molecular formula is C34H36N2O. The van der Waals surface area contributed by atoms with Gasteiger partial charge in [0.2, 0.25) is 0 Å². The van der Waals surface area contributed by atoms with Crippen LogP contribution in [-0.4, -0.2) is 34.6 Å². The lowest BCUT2D eigenvalue weighted by atomic mass is 9.76. The van der Waals surface area contributed by atoms with E-state index in [-0.39, 0.29) is 6.04 Å². The maximum absolute atomic E-state index is 12.9. The van der Waals surface area contributed by atoms with Crippen LogP contribution in [0.5, 0.6) is 0 Å². The van der Waals surface area contributed by atoms with Crippen molar-refractivity contribution in [3.63, 3.8) is 0 Å². The average molecular weight is 489 g/mol. The summed E-state index contributed by atoms with van der Waals surface area (Å²) < 4.78 is 0. The second-order valence-corrected chi connectivity index (χ2v) is 10.3. The van der Waals surface area contributed by atoms with Crippen molar-refractivity contribution in [1.82, 2.24) is 9.88 Å². The molecule has 0 radical (unpaired) electrons. The molecule has 188 valence electrons. The van der Waals surface area contributed by atoms with Gasteiger partial charge in [0, 0.05) is 23.6 Å². The molecule has 1 heterocycles. The molecule has 0 aliphatic carbocycles. The average Bonchev–Trinajstić information content (AvgIpc) is 3.34. The summed E-state index contributed by atoms with van der Waals surface area (Å²) in [6.45, 7) is 5.01. The van der Waals surface area contributed by atoms with Gasteiger partial charge in [0.25, 0.3) is 0 Å². The number of fused-ring (bicyclic) bond motifs is 1. The van der Waals surface area contributed by atoms with E-state index < -0.39 is 5.60 Å². The van der Waals surface area contributed by atoms with E-state index in [2.05, 4.69) is 140 Å². The highest BCUT2D eigenvalue weighted by atomic mass is 16.3. The minimum Gasteiger partial charge on any atom is -0.379 e. The standard InChI is InChI=1S/C34H36N2O/c1-25-13-17-29(18-14-25)34(37,30-19-15-26(2)16-20-30)33(36(3)22-21-27-9-5-4-6-10-27)23-28-24-35-32-12-8-7-11-31(28)32/h4-20,24,33,35,37H,21-23H2,1-3H3/t33-/m0/s1. The SMILES string of the molecule is Cc1ccc(C(O)(c2ccc(C)cc2)[C@H](Cc2c[nH]c3ccccc23)N(C)CCc2ccccc2)cc1. The molecule has 0 bridgehead atoms. The number of aryl methyl sites for hydroxylation is 2. The second-order valence-electron chi connectivity index (χ2n) is 10.3. The quantitative estimate of drug-likeness (QED) is 0.239. The van der Waals surface area contributed by atoms with Crippen LogP contribution in [0.4, 0.5) is 0 Å². The zero-order valence-electron chi connectivity index (χ0n) is 22.0. The molecule has 1 aromatic heterocycles. The molecule has 5 rings (SSSR count). The van der Waals surface area contributed by atoms with Crippen molar-refractivity contribution in [2.75, 3.05) is 13.6 Å². The summed E-state index contributed by atoms with van der Waals surface area (Å²) in [4.78, 5) is 5.78. The zero-order chi connectivity index (χ0) is 25.8. The van der Waals surface area contributed by atoms with Gasteiger partial charge < -0.3 is 10.1 Å². The first-order valence-corrected chi connectivity index (χ1v) is 13.1. The third-order valence-corrected chi connectivity index (χ3v) is 7.68. The minimum absolute atomic E-state index is 0.194. The Balaban J connectivity index is 1.61. The molecule has 1 atom stereocenters. The Morgan fingerprint density at radius 1 is 0.757 bits per heavy atom. The van der Waals surface area contributed by atoms with Crippen LogP contribution < -0.4 is 0 Å². The van der Waals surface area contributed by atoms with E-state index in [1.807, 2.05) is 0 Å². The van der Waals surface area contributed by atoms with Crippen molar-refractivity contribution < 1.29 is 5.11 Å². The molecule has 37 heavy (non-hydrogen) atoms. The number of para-hydroxylation sites is 1. The van der Waals surface area contributed by atoms with E-state index in [9.17, 15) is 5.11 Å². The first kappa shape index (κ1) is 25.0. The molecule has 0 fully saturated rings. The number of aliphatic hydroxyl groups is 1. The summed E-state index contributed by atoms with van der Waals surface area (Å²) in [7, 11) is 2.15. The Hall–Kier alpha value is -3.66. The molecule has 4 aromatic carbocycles. The molecule has 0 amide bonds. The minimum atomic E-state index is -1.20. The van der Waals surface area contributed by atoms with Crippen LogP contribution in [-0.2, 0) is 18.4 Å². The fourth-order valence-electron chi connectivity index (χ4n) is 5.40. The monoisotopic (exact) mass is 488 g/mol. The highest BCUT2D eigenvalue weighted by Gasteiger charge is 2.42.